The maximum atomic E-state index is 14.3. The van der Waals surface area contributed by atoms with Crippen molar-refractivity contribution in [3.8, 4) is 0 Å². The van der Waals surface area contributed by atoms with Gasteiger partial charge in [0.2, 0.25) is 0 Å². The van der Waals surface area contributed by atoms with Crippen molar-refractivity contribution in [1.29, 1.82) is 0 Å². The molecule has 7 nitrogen and oxygen atoms in total. The minimum Gasteiger partial charge on any atom is -0.469 e. The number of anilines is 3. The number of nitrogens with zero attached hydrogens (tertiary/aromatic N) is 1. The lowest BCUT2D eigenvalue weighted by Crippen LogP contribution is -2.40. The lowest BCUT2D eigenvalue weighted by atomic mass is 9.92. The molecule has 1 atom stereocenters. The van der Waals surface area contributed by atoms with Gasteiger partial charge in [0.1, 0.15) is 5.82 Å². The number of benzene rings is 2. The first kappa shape index (κ1) is 27.7. The molecule has 2 amide bonds. The van der Waals surface area contributed by atoms with Crippen LogP contribution in [0, 0.1) is 5.82 Å². The van der Waals surface area contributed by atoms with Crippen molar-refractivity contribution < 1.29 is 23.5 Å². The summed E-state index contributed by atoms with van der Waals surface area (Å²) in [6.45, 7) is 6.33. The van der Waals surface area contributed by atoms with Crippen LogP contribution in [0.5, 0.6) is 0 Å². The molecule has 0 radical (unpaired) electrons. The zero-order valence-electron chi connectivity index (χ0n) is 21.1. The van der Waals surface area contributed by atoms with Gasteiger partial charge in [0.15, 0.2) is 0 Å². The van der Waals surface area contributed by atoms with Gasteiger partial charge < -0.3 is 25.0 Å². The summed E-state index contributed by atoms with van der Waals surface area (Å²) in [5.74, 6) is -0.969. The number of carbonyl (C=O) groups excluding carboxylic acids is 2. The van der Waals surface area contributed by atoms with Crippen LogP contribution in [-0.2, 0) is 14.3 Å². The van der Waals surface area contributed by atoms with Crippen LogP contribution in [-0.4, -0.2) is 44.9 Å². The number of methoxy groups -OCH3 is 1. The predicted molar refractivity (Wildman–Crippen MR) is 142 cm³/mol. The van der Waals surface area contributed by atoms with Gasteiger partial charge in [-0.3, -0.25) is 4.79 Å². The summed E-state index contributed by atoms with van der Waals surface area (Å²) in [5, 5.41) is 5.74. The third kappa shape index (κ3) is 7.34. The van der Waals surface area contributed by atoms with Crippen LogP contribution in [0.15, 0.2) is 36.4 Å². The Kier molecular flexibility index (Phi) is 10.4. The molecule has 2 aromatic rings. The fraction of sp³-hybridized carbons (Fsp3) is 0.481. The summed E-state index contributed by atoms with van der Waals surface area (Å²) >= 11 is 5.83. The molecule has 9 heteroatoms. The molecule has 2 aromatic carbocycles. The molecule has 1 heterocycles. The van der Waals surface area contributed by atoms with Gasteiger partial charge in [-0.25, -0.2) is 9.18 Å². The van der Waals surface area contributed by atoms with E-state index in [0.29, 0.717) is 18.9 Å². The molecular formula is C27H35ClFN3O4. The minimum atomic E-state index is -0.620. The Hall–Kier alpha value is -2.84. The Balaban J connectivity index is 1.95. The number of carbonyl (C=O) groups is 2. The van der Waals surface area contributed by atoms with E-state index in [1.165, 1.54) is 19.2 Å². The second kappa shape index (κ2) is 13.5. The van der Waals surface area contributed by atoms with E-state index < -0.39 is 11.8 Å². The third-order valence-electron chi connectivity index (χ3n) is 6.46. The molecule has 0 unspecified atom stereocenters. The first-order valence-electron chi connectivity index (χ1n) is 12.4. The summed E-state index contributed by atoms with van der Waals surface area (Å²) in [6, 6.07) is 9.71. The lowest BCUT2D eigenvalue weighted by molar-refractivity contribution is -0.141. The van der Waals surface area contributed by atoms with E-state index in [1.54, 1.807) is 0 Å². The Bertz CT molecular complexity index is 1050. The second-order valence-corrected chi connectivity index (χ2v) is 9.34. The molecule has 0 saturated carbocycles. The van der Waals surface area contributed by atoms with Crippen molar-refractivity contribution in [1.82, 2.24) is 0 Å². The van der Waals surface area contributed by atoms with E-state index in [4.69, 9.17) is 21.1 Å². The quantitative estimate of drug-likeness (QED) is 0.347. The smallest absolute Gasteiger partial charge is 0.323 e. The van der Waals surface area contributed by atoms with Crippen molar-refractivity contribution >= 4 is 40.7 Å². The van der Waals surface area contributed by atoms with Crippen molar-refractivity contribution in [2.45, 2.75) is 57.9 Å². The van der Waals surface area contributed by atoms with Gasteiger partial charge in [0.25, 0.3) is 0 Å². The maximum absolute atomic E-state index is 14.3. The number of nitrogens with one attached hydrogen (secondary N) is 2. The van der Waals surface area contributed by atoms with E-state index in [1.807, 2.05) is 25.1 Å². The number of halogens is 2. The van der Waals surface area contributed by atoms with E-state index in [2.05, 4.69) is 22.5 Å². The minimum absolute atomic E-state index is 0.0292. The van der Waals surface area contributed by atoms with Crippen LogP contribution in [0.3, 0.4) is 0 Å². The van der Waals surface area contributed by atoms with E-state index in [0.717, 1.165) is 49.5 Å². The summed E-state index contributed by atoms with van der Waals surface area (Å²) in [4.78, 5) is 27.3. The average Bonchev–Trinajstić information content (AvgIpc) is 2.88. The molecule has 2 N–H and O–H groups in total. The van der Waals surface area contributed by atoms with Gasteiger partial charge in [-0.1, -0.05) is 31.5 Å². The Morgan fingerprint density at radius 2 is 1.86 bits per heavy atom. The number of urea groups is 1. The van der Waals surface area contributed by atoms with E-state index in [9.17, 15) is 14.0 Å². The van der Waals surface area contributed by atoms with Crippen molar-refractivity contribution in [2.75, 3.05) is 42.4 Å². The maximum Gasteiger partial charge on any atom is 0.323 e. The van der Waals surface area contributed by atoms with Crippen LogP contribution < -0.4 is 15.5 Å². The Morgan fingerprint density at radius 1 is 1.14 bits per heavy atom. The van der Waals surface area contributed by atoms with E-state index in [-0.39, 0.29) is 35.1 Å². The van der Waals surface area contributed by atoms with Crippen molar-refractivity contribution in [3.05, 3.63) is 52.8 Å². The van der Waals surface area contributed by atoms with Gasteiger partial charge in [0, 0.05) is 30.8 Å². The molecule has 196 valence electrons. The van der Waals surface area contributed by atoms with Crippen LogP contribution in [0.1, 0.15) is 57.4 Å². The highest BCUT2D eigenvalue weighted by Gasteiger charge is 2.25. The number of hydrogen-bond acceptors (Lipinski definition) is 5. The Labute approximate surface area is 217 Å². The van der Waals surface area contributed by atoms with Crippen LogP contribution in [0.25, 0.3) is 0 Å². The van der Waals surface area contributed by atoms with Crippen LogP contribution in [0.4, 0.5) is 26.2 Å². The summed E-state index contributed by atoms with van der Waals surface area (Å²) < 4.78 is 24.7. The molecule has 1 fully saturated rings. The summed E-state index contributed by atoms with van der Waals surface area (Å²) in [7, 11) is 1.38. The normalized spacial score (nSPS) is 14.7. The van der Waals surface area contributed by atoms with Gasteiger partial charge in [-0.15, -0.1) is 0 Å². The standard InChI is InChI=1S/C27H35ClFN3O4/c1-4-12-32(21-10-13-36-14-11-21)25-9-6-19(18(5-2)16-26(33)35-3)15-24(25)31-27(34)30-23-8-7-20(28)17-22(23)29/h6-9,15,17-18,21H,4-5,10-14,16H2,1-3H3,(H2,30,31,34)/t18-/m1/s1. The summed E-state index contributed by atoms with van der Waals surface area (Å²) in [6.07, 6.45) is 3.69. The molecule has 0 aliphatic carbocycles. The zero-order valence-corrected chi connectivity index (χ0v) is 21.9. The number of ether oxygens (including phenoxy) is 2. The van der Waals surface area contributed by atoms with Gasteiger partial charge in [-0.2, -0.15) is 0 Å². The molecule has 3 rings (SSSR count). The third-order valence-corrected chi connectivity index (χ3v) is 6.69. The highest BCUT2D eigenvalue weighted by molar-refractivity contribution is 6.30. The van der Waals surface area contributed by atoms with Crippen LogP contribution >= 0.6 is 11.6 Å². The number of hydrogen-bond donors (Lipinski definition) is 2. The highest BCUT2D eigenvalue weighted by Crippen LogP contribution is 2.35. The van der Waals surface area contributed by atoms with E-state index >= 15 is 0 Å². The van der Waals surface area contributed by atoms with Gasteiger partial charge >= 0.3 is 12.0 Å². The van der Waals surface area contributed by atoms with Gasteiger partial charge in [-0.05, 0) is 67.5 Å². The topological polar surface area (TPSA) is 79.9 Å². The monoisotopic (exact) mass is 519 g/mol. The first-order chi connectivity index (χ1) is 17.4. The molecule has 1 aliphatic rings. The second-order valence-electron chi connectivity index (χ2n) is 8.90. The SMILES string of the molecule is CCCN(c1ccc([C@H](CC)CC(=O)OC)cc1NC(=O)Nc1ccc(Cl)cc1F)C1CCOCC1. The van der Waals surface area contributed by atoms with Crippen molar-refractivity contribution in [2.24, 2.45) is 0 Å². The highest BCUT2D eigenvalue weighted by atomic mass is 35.5. The summed E-state index contributed by atoms with van der Waals surface area (Å²) in [5.41, 5.74) is 2.43. The lowest BCUT2D eigenvalue weighted by Gasteiger charge is -2.37. The predicted octanol–water partition coefficient (Wildman–Crippen LogP) is 6.58. The zero-order chi connectivity index (χ0) is 26.1. The molecule has 0 aromatic heterocycles. The molecule has 0 spiro atoms. The fourth-order valence-electron chi connectivity index (χ4n) is 4.54. The molecular weight excluding hydrogens is 485 g/mol. The fourth-order valence-corrected chi connectivity index (χ4v) is 4.70. The van der Waals surface area contributed by atoms with Crippen LogP contribution in [0.2, 0.25) is 5.02 Å². The number of rotatable bonds is 10. The largest absolute Gasteiger partial charge is 0.469 e. The molecule has 1 aliphatic heterocycles. The van der Waals surface area contributed by atoms with Gasteiger partial charge in [0.05, 0.1) is 30.6 Å². The number of esters is 1. The van der Waals surface area contributed by atoms with Crippen molar-refractivity contribution in [3.63, 3.8) is 0 Å². The molecule has 36 heavy (non-hydrogen) atoms. The first-order valence-corrected chi connectivity index (χ1v) is 12.8. The molecule has 0 bridgehead atoms. The molecule has 1 saturated heterocycles. The average molecular weight is 520 g/mol. The Morgan fingerprint density at radius 3 is 2.50 bits per heavy atom. The number of amides is 2.